The summed E-state index contributed by atoms with van der Waals surface area (Å²) in [6, 6.07) is 12.1. The zero-order chi connectivity index (χ0) is 29.4. The summed E-state index contributed by atoms with van der Waals surface area (Å²) >= 11 is 3.51. The predicted octanol–water partition coefficient (Wildman–Crippen LogP) is 5.70. The van der Waals surface area contributed by atoms with E-state index in [1.807, 2.05) is 59.7 Å². The van der Waals surface area contributed by atoms with Gasteiger partial charge in [0.25, 0.3) is 5.91 Å². The summed E-state index contributed by atoms with van der Waals surface area (Å²) in [5.41, 5.74) is 7.37. The van der Waals surface area contributed by atoms with Crippen LogP contribution in [0.5, 0.6) is 0 Å². The predicted molar refractivity (Wildman–Crippen MR) is 162 cm³/mol. The molecule has 0 aliphatic carbocycles. The van der Waals surface area contributed by atoms with Gasteiger partial charge in [0.2, 0.25) is 15.9 Å². The molecule has 0 saturated carbocycles. The topological polar surface area (TPSA) is 95.6 Å². The van der Waals surface area contributed by atoms with Gasteiger partial charge in [0.1, 0.15) is 6.04 Å². The van der Waals surface area contributed by atoms with Crippen LogP contribution in [0.4, 0.5) is 5.69 Å². The molecule has 1 heterocycles. The molecule has 1 atom stereocenters. The molecule has 0 bridgehead atoms. The number of piperidine rings is 1. The van der Waals surface area contributed by atoms with Crippen LogP contribution in [0.1, 0.15) is 62.1 Å². The maximum absolute atomic E-state index is 13.4. The second-order valence-corrected chi connectivity index (χ2v) is 13.3. The molecule has 7 nitrogen and oxygen atoms in total. The van der Waals surface area contributed by atoms with Crippen molar-refractivity contribution >= 4 is 43.5 Å². The molecule has 0 aromatic heterocycles. The van der Waals surface area contributed by atoms with Crippen molar-refractivity contribution in [3.8, 4) is 0 Å². The molecule has 1 unspecified atom stereocenters. The minimum Gasteiger partial charge on any atom is -0.340 e. The molecule has 4 rings (SSSR count). The number of nitrogens with zero attached hydrogens (tertiary/aromatic N) is 1. The summed E-state index contributed by atoms with van der Waals surface area (Å²) in [5, 5.41) is 2.90. The Kier molecular flexibility index (Phi) is 8.87. The molecule has 1 saturated heterocycles. The molecule has 212 valence electrons. The van der Waals surface area contributed by atoms with Crippen LogP contribution < -0.4 is 14.9 Å². The number of carbonyl (C=O) groups excluding carboxylic acids is 2. The average molecular weight is 627 g/mol. The second-order valence-electron chi connectivity index (χ2n) is 10.7. The van der Waals surface area contributed by atoms with Crippen molar-refractivity contribution in [2.24, 2.45) is 0 Å². The highest BCUT2D eigenvalue weighted by Crippen LogP contribution is 2.31. The summed E-state index contributed by atoms with van der Waals surface area (Å²) in [7, 11) is -3.73. The number of rotatable bonds is 7. The van der Waals surface area contributed by atoms with Gasteiger partial charge in [0.15, 0.2) is 0 Å². The fraction of sp³-hybridized carbons (Fsp3) is 0.355. The van der Waals surface area contributed by atoms with E-state index in [9.17, 15) is 18.0 Å². The SMILES string of the molecule is Cc1cc(C)c(C)c(S(=O)(=O)NCc2ccc(C(=O)NC3CCCN(c4c(C)cc(Br)cc4C)C3=O)cc2)c1C. The third-order valence-electron chi connectivity index (χ3n) is 7.72. The number of hydrogen-bond donors (Lipinski definition) is 2. The number of aryl methyl sites for hydroxylation is 4. The van der Waals surface area contributed by atoms with E-state index in [1.165, 1.54) is 0 Å². The van der Waals surface area contributed by atoms with Gasteiger partial charge in [0.05, 0.1) is 4.90 Å². The standard InChI is InChI=1S/C31H36BrN3O4S/c1-18-14-19(2)23(6)29(22(18)5)40(38,39)33-17-24-9-11-25(12-10-24)30(36)34-27-8-7-13-35(31(27)37)28-20(3)15-26(32)16-21(28)4/h9-12,14-16,27,33H,7-8,13,17H2,1-6H3,(H,34,36). The molecular weight excluding hydrogens is 590 g/mol. The first kappa shape index (κ1) is 30.0. The Bertz CT molecular complexity index is 1530. The fourth-order valence-corrected chi connectivity index (χ4v) is 7.73. The van der Waals surface area contributed by atoms with Gasteiger partial charge in [-0.3, -0.25) is 9.59 Å². The van der Waals surface area contributed by atoms with E-state index in [0.29, 0.717) is 23.4 Å². The maximum atomic E-state index is 13.4. The van der Waals surface area contributed by atoms with E-state index in [-0.39, 0.29) is 18.4 Å². The Labute approximate surface area is 245 Å². The molecule has 2 N–H and O–H groups in total. The Morgan fingerprint density at radius 3 is 2.08 bits per heavy atom. The minimum absolute atomic E-state index is 0.0953. The van der Waals surface area contributed by atoms with Gasteiger partial charge in [-0.2, -0.15) is 0 Å². The molecule has 3 aromatic rings. The Hall–Kier alpha value is -3.01. The number of hydrogen-bond acceptors (Lipinski definition) is 4. The van der Waals surface area contributed by atoms with E-state index in [2.05, 4.69) is 26.0 Å². The molecule has 1 aliphatic rings. The lowest BCUT2D eigenvalue weighted by atomic mass is 10.00. The first-order valence-electron chi connectivity index (χ1n) is 13.3. The van der Waals surface area contributed by atoms with Gasteiger partial charge >= 0.3 is 0 Å². The highest BCUT2D eigenvalue weighted by atomic mass is 79.9. The molecule has 0 radical (unpaired) electrons. The lowest BCUT2D eigenvalue weighted by Gasteiger charge is -2.34. The number of sulfonamides is 1. The second kappa shape index (κ2) is 11.8. The van der Waals surface area contributed by atoms with Crippen LogP contribution in [-0.4, -0.2) is 32.8 Å². The van der Waals surface area contributed by atoms with Gasteiger partial charge in [-0.25, -0.2) is 13.1 Å². The summed E-state index contributed by atoms with van der Waals surface area (Å²) < 4.78 is 30.0. The Morgan fingerprint density at radius 2 is 1.50 bits per heavy atom. The van der Waals surface area contributed by atoms with Crippen LogP contribution in [0.25, 0.3) is 0 Å². The number of benzene rings is 3. The zero-order valence-corrected chi connectivity index (χ0v) is 26.2. The molecule has 2 amide bonds. The van der Waals surface area contributed by atoms with E-state index in [1.54, 1.807) is 29.2 Å². The number of amides is 2. The molecule has 1 fully saturated rings. The molecular formula is C31H36BrN3O4S. The lowest BCUT2D eigenvalue weighted by molar-refractivity contribution is -0.121. The zero-order valence-electron chi connectivity index (χ0n) is 23.8. The lowest BCUT2D eigenvalue weighted by Crippen LogP contribution is -2.52. The smallest absolute Gasteiger partial charge is 0.251 e. The van der Waals surface area contributed by atoms with E-state index < -0.39 is 16.1 Å². The summed E-state index contributed by atoms with van der Waals surface area (Å²) in [6.45, 7) is 12.1. The van der Waals surface area contributed by atoms with Gasteiger partial charge in [-0.05, 0) is 118 Å². The fourth-order valence-electron chi connectivity index (χ4n) is 5.41. The van der Waals surface area contributed by atoms with Gasteiger partial charge in [-0.15, -0.1) is 0 Å². The third kappa shape index (κ3) is 6.16. The highest BCUT2D eigenvalue weighted by Gasteiger charge is 2.32. The number of halogens is 1. The van der Waals surface area contributed by atoms with E-state index in [4.69, 9.17) is 0 Å². The van der Waals surface area contributed by atoms with Crippen molar-refractivity contribution in [2.75, 3.05) is 11.4 Å². The first-order valence-corrected chi connectivity index (χ1v) is 15.6. The van der Waals surface area contributed by atoms with Crippen LogP contribution in [0.15, 0.2) is 51.8 Å². The van der Waals surface area contributed by atoms with Gasteiger partial charge in [0, 0.05) is 28.8 Å². The largest absolute Gasteiger partial charge is 0.340 e. The first-order chi connectivity index (χ1) is 18.8. The summed E-state index contributed by atoms with van der Waals surface area (Å²) in [4.78, 5) is 28.5. The van der Waals surface area contributed by atoms with E-state index in [0.717, 1.165) is 55.5 Å². The van der Waals surface area contributed by atoms with Crippen molar-refractivity contribution in [3.63, 3.8) is 0 Å². The molecule has 0 spiro atoms. The number of carbonyl (C=O) groups is 2. The number of nitrogens with one attached hydrogen (secondary N) is 2. The quantitative estimate of drug-likeness (QED) is 0.352. The molecule has 3 aromatic carbocycles. The number of anilines is 1. The highest BCUT2D eigenvalue weighted by molar-refractivity contribution is 9.10. The third-order valence-corrected chi connectivity index (χ3v) is 9.85. The monoisotopic (exact) mass is 625 g/mol. The van der Waals surface area contributed by atoms with Crippen LogP contribution in [0.3, 0.4) is 0 Å². The summed E-state index contributed by atoms with van der Waals surface area (Å²) in [5.74, 6) is -0.450. The van der Waals surface area contributed by atoms with Crippen LogP contribution in [-0.2, 0) is 21.4 Å². The van der Waals surface area contributed by atoms with Crippen LogP contribution in [0.2, 0.25) is 0 Å². The van der Waals surface area contributed by atoms with Crippen molar-refractivity contribution in [1.29, 1.82) is 0 Å². The van der Waals surface area contributed by atoms with E-state index >= 15 is 0 Å². The minimum atomic E-state index is -3.73. The normalized spacial score (nSPS) is 15.8. The maximum Gasteiger partial charge on any atom is 0.251 e. The van der Waals surface area contributed by atoms with Crippen molar-refractivity contribution in [2.45, 2.75) is 71.9 Å². The van der Waals surface area contributed by atoms with Gasteiger partial charge in [-0.1, -0.05) is 34.1 Å². The van der Waals surface area contributed by atoms with Crippen molar-refractivity contribution < 1.29 is 18.0 Å². The van der Waals surface area contributed by atoms with Crippen molar-refractivity contribution in [1.82, 2.24) is 10.0 Å². The molecule has 9 heteroatoms. The average Bonchev–Trinajstić information content (AvgIpc) is 2.88. The molecule has 40 heavy (non-hydrogen) atoms. The summed E-state index contributed by atoms with van der Waals surface area (Å²) in [6.07, 6.45) is 1.36. The molecule has 1 aliphatic heterocycles. The van der Waals surface area contributed by atoms with Crippen LogP contribution in [0, 0.1) is 41.5 Å². The van der Waals surface area contributed by atoms with Crippen LogP contribution >= 0.6 is 15.9 Å². The van der Waals surface area contributed by atoms with Crippen molar-refractivity contribution in [3.05, 3.63) is 91.4 Å². The Balaban J connectivity index is 1.42. The van der Waals surface area contributed by atoms with Gasteiger partial charge < -0.3 is 10.2 Å². The Morgan fingerprint density at radius 1 is 0.925 bits per heavy atom.